The lowest BCUT2D eigenvalue weighted by Gasteiger charge is -2.18. The van der Waals surface area contributed by atoms with E-state index in [0.29, 0.717) is 0 Å². The van der Waals surface area contributed by atoms with E-state index in [1.54, 1.807) is 6.08 Å². The van der Waals surface area contributed by atoms with E-state index in [0.717, 1.165) is 33.5 Å². The first-order chi connectivity index (χ1) is 11.5. The van der Waals surface area contributed by atoms with E-state index in [9.17, 15) is 14.4 Å². The molecule has 0 aromatic rings. The van der Waals surface area contributed by atoms with Gasteiger partial charge in [0.15, 0.2) is 5.92 Å². The molecule has 0 amide bonds. The summed E-state index contributed by atoms with van der Waals surface area (Å²) >= 11 is 0. The van der Waals surface area contributed by atoms with Gasteiger partial charge in [-0.2, -0.15) is 0 Å². The van der Waals surface area contributed by atoms with Gasteiger partial charge in [0.05, 0.1) is 27.2 Å². The lowest BCUT2D eigenvalue weighted by molar-refractivity contribution is -0.166. The number of unbranched alkanes of at least 4 members (excludes halogenated alkanes) is 6. The van der Waals surface area contributed by atoms with Gasteiger partial charge in [0, 0.05) is 0 Å². The molecule has 0 heterocycles. The van der Waals surface area contributed by atoms with Crippen molar-refractivity contribution in [3.8, 4) is 0 Å². The second kappa shape index (κ2) is 13.6. The van der Waals surface area contributed by atoms with Crippen LogP contribution in [0, 0.1) is 11.8 Å². The molecule has 0 aliphatic rings. The number of hydrogen-bond donors (Lipinski definition) is 0. The van der Waals surface area contributed by atoms with Crippen LogP contribution in [0.15, 0.2) is 12.2 Å². The minimum atomic E-state index is -1.35. The van der Waals surface area contributed by atoms with Crippen molar-refractivity contribution in [1.29, 1.82) is 0 Å². The molecule has 0 spiro atoms. The van der Waals surface area contributed by atoms with Crippen molar-refractivity contribution in [2.75, 3.05) is 21.3 Å². The monoisotopic (exact) mass is 342 g/mol. The van der Waals surface area contributed by atoms with Crippen LogP contribution in [0.5, 0.6) is 0 Å². The van der Waals surface area contributed by atoms with Crippen LogP contribution < -0.4 is 0 Å². The first-order valence-electron chi connectivity index (χ1n) is 8.43. The Hall–Kier alpha value is -1.85. The molecule has 1 atom stereocenters. The average Bonchev–Trinajstić information content (AvgIpc) is 2.61. The summed E-state index contributed by atoms with van der Waals surface area (Å²) in [6.45, 7) is 2.18. The maximum Gasteiger partial charge on any atom is 0.321 e. The number of carbonyl (C=O) groups is 3. The molecule has 1 unspecified atom stereocenters. The lowest BCUT2D eigenvalue weighted by atomic mass is 9.91. The summed E-state index contributed by atoms with van der Waals surface area (Å²) in [5, 5.41) is 0. The van der Waals surface area contributed by atoms with Gasteiger partial charge in [-0.1, -0.05) is 51.2 Å². The molecule has 6 nitrogen and oxygen atoms in total. The summed E-state index contributed by atoms with van der Waals surface area (Å²) in [6.07, 6.45) is 11.1. The third-order valence-corrected chi connectivity index (χ3v) is 3.81. The van der Waals surface area contributed by atoms with E-state index in [4.69, 9.17) is 4.74 Å². The summed E-state index contributed by atoms with van der Waals surface area (Å²) in [5.74, 6) is -4.71. The second-order valence-electron chi connectivity index (χ2n) is 5.56. The van der Waals surface area contributed by atoms with Crippen LogP contribution in [-0.4, -0.2) is 39.2 Å². The number of ether oxygens (including phenoxy) is 3. The van der Waals surface area contributed by atoms with Crippen LogP contribution in [0.2, 0.25) is 0 Å². The zero-order valence-corrected chi connectivity index (χ0v) is 15.2. The van der Waals surface area contributed by atoms with Crippen molar-refractivity contribution in [1.82, 2.24) is 0 Å². The molecular formula is C18H30O6. The molecule has 6 heteroatoms. The maximum atomic E-state index is 11.9. The van der Waals surface area contributed by atoms with Crippen LogP contribution in [0.25, 0.3) is 0 Å². The fourth-order valence-corrected chi connectivity index (χ4v) is 2.39. The smallest absolute Gasteiger partial charge is 0.321 e. The van der Waals surface area contributed by atoms with E-state index < -0.39 is 29.7 Å². The molecule has 0 rings (SSSR count). The minimum Gasteiger partial charge on any atom is -0.469 e. The average molecular weight is 342 g/mol. The molecule has 0 bridgehead atoms. The van der Waals surface area contributed by atoms with E-state index >= 15 is 0 Å². The Morgan fingerprint density at radius 3 is 1.79 bits per heavy atom. The van der Waals surface area contributed by atoms with Crippen molar-refractivity contribution in [2.24, 2.45) is 11.8 Å². The Labute approximate surface area is 144 Å². The van der Waals surface area contributed by atoms with Crippen LogP contribution in [0.3, 0.4) is 0 Å². The van der Waals surface area contributed by atoms with Crippen LogP contribution in [0.4, 0.5) is 0 Å². The highest BCUT2D eigenvalue weighted by Crippen LogP contribution is 2.20. The normalized spacial score (nSPS) is 12.2. The Balaban J connectivity index is 4.74. The molecule has 138 valence electrons. The SMILES string of the molecule is CCCCCCCC/C=C\C(C(=O)OC)C(C(=O)OC)C(=O)OC. The fourth-order valence-electron chi connectivity index (χ4n) is 2.39. The Bertz CT molecular complexity index is 400. The van der Waals surface area contributed by atoms with Gasteiger partial charge in [-0.3, -0.25) is 14.4 Å². The molecule has 0 aromatic carbocycles. The van der Waals surface area contributed by atoms with Gasteiger partial charge in [0.1, 0.15) is 0 Å². The van der Waals surface area contributed by atoms with Gasteiger partial charge >= 0.3 is 17.9 Å². The van der Waals surface area contributed by atoms with E-state index in [1.165, 1.54) is 38.9 Å². The predicted molar refractivity (Wildman–Crippen MR) is 90.2 cm³/mol. The summed E-state index contributed by atoms with van der Waals surface area (Å²) in [4.78, 5) is 35.6. The predicted octanol–water partition coefficient (Wildman–Crippen LogP) is 3.04. The van der Waals surface area contributed by atoms with Crippen molar-refractivity contribution >= 4 is 17.9 Å². The molecule has 0 aromatic heterocycles. The topological polar surface area (TPSA) is 78.9 Å². The standard InChI is InChI=1S/C18H30O6/c1-5-6-7-8-9-10-11-12-13-14(16(19)22-2)15(17(20)23-3)18(21)24-4/h12-15H,5-11H2,1-4H3/b13-12-. The zero-order valence-electron chi connectivity index (χ0n) is 15.2. The van der Waals surface area contributed by atoms with Gasteiger partial charge in [0.2, 0.25) is 0 Å². The van der Waals surface area contributed by atoms with E-state index in [2.05, 4.69) is 16.4 Å². The maximum absolute atomic E-state index is 11.9. The molecular weight excluding hydrogens is 312 g/mol. The molecule has 0 aliphatic heterocycles. The second-order valence-corrected chi connectivity index (χ2v) is 5.56. The van der Waals surface area contributed by atoms with Crippen LogP contribution in [-0.2, 0) is 28.6 Å². The van der Waals surface area contributed by atoms with Gasteiger partial charge in [-0.05, 0) is 12.8 Å². The first-order valence-corrected chi connectivity index (χ1v) is 8.43. The highest BCUT2D eigenvalue weighted by molar-refractivity contribution is 5.99. The summed E-state index contributed by atoms with van der Waals surface area (Å²) in [5.41, 5.74) is 0. The summed E-state index contributed by atoms with van der Waals surface area (Å²) in [6, 6.07) is 0. The molecule has 24 heavy (non-hydrogen) atoms. The van der Waals surface area contributed by atoms with Crippen molar-refractivity contribution in [3.05, 3.63) is 12.2 Å². The van der Waals surface area contributed by atoms with Crippen LogP contribution >= 0.6 is 0 Å². The molecule has 0 fully saturated rings. The Morgan fingerprint density at radius 2 is 1.29 bits per heavy atom. The molecule has 0 N–H and O–H groups in total. The number of allylic oxidation sites excluding steroid dienone is 1. The van der Waals surface area contributed by atoms with Gasteiger partial charge in [-0.25, -0.2) is 0 Å². The Morgan fingerprint density at radius 1 is 0.792 bits per heavy atom. The summed E-state index contributed by atoms with van der Waals surface area (Å²) < 4.78 is 13.9. The third-order valence-electron chi connectivity index (χ3n) is 3.81. The third kappa shape index (κ3) is 8.13. The number of esters is 3. The highest BCUT2D eigenvalue weighted by atomic mass is 16.5. The molecule has 0 radical (unpaired) electrons. The first kappa shape index (κ1) is 22.1. The Kier molecular flexibility index (Phi) is 12.5. The van der Waals surface area contributed by atoms with Crippen molar-refractivity contribution in [3.63, 3.8) is 0 Å². The molecule has 0 saturated carbocycles. The van der Waals surface area contributed by atoms with Crippen molar-refractivity contribution in [2.45, 2.75) is 51.9 Å². The number of carbonyl (C=O) groups excluding carboxylic acids is 3. The summed E-state index contributed by atoms with van der Waals surface area (Å²) in [7, 11) is 3.53. The lowest BCUT2D eigenvalue weighted by Crippen LogP contribution is -2.37. The number of hydrogen-bond acceptors (Lipinski definition) is 6. The molecule has 0 saturated heterocycles. The van der Waals surface area contributed by atoms with Gasteiger partial charge in [-0.15, -0.1) is 0 Å². The van der Waals surface area contributed by atoms with Gasteiger partial charge in [0.25, 0.3) is 0 Å². The largest absolute Gasteiger partial charge is 0.469 e. The minimum absolute atomic E-state index is 0.671. The fraction of sp³-hybridized carbons (Fsp3) is 0.722. The molecule has 0 aliphatic carbocycles. The highest BCUT2D eigenvalue weighted by Gasteiger charge is 2.40. The quantitative estimate of drug-likeness (QED) is 0.178. The number of methoxy groups -OCH3 is 3. The van der Waals surface area contributed by atoms with Crippen LogP contribution in [0.1, 0.15) is 51.9 Å². The van der Waals surface area contributed by atoms with E-state index in [1.807, 2.05) is 0 Å². The number of rotatable bonds is 12. The zero-order chi connectivity index (χ0) is 18.4. The van der Waals surface area contributed by atoms with Crippen molar-refractivity contribution < 1.29 is 28.6 Å². The van der Waals surface area contributed by atoms with E-state index in [-0.39, 0.29) is 0 Å². The van der Waals surface area contributed by atoms with Gasteiger partial charge < -0.3 is 14.2 Å².